The van der Waals surface area contributed by atoms with Crippen molar-refractivity contribution in [3.8, 4) is 11.1 Å². The highest BCUT2D eigenvalue weighted by atomic mass is 79.9. The first kappa shape index (κ1) is 26.9. The van der Waals surface area contributed by atoms with Crippen molar-refractivity contribution in [3.05, 3.63) is 51.6 Å². The molecule has 1 aliphatic heterocycles. The zero-order chi connectivity index (χ0) is 24.9. The fourth-order valence-electron chi connectivity index (χ4n) is 4.17. The van der Waals surface area contributed by atoms with E-state index in [-0.39, 0.29) is 0 Å². The number of benzene rings is 2. The molecule has 0 fully saturated rings. The number of halogens is 1. The summed E-state index contributed by atoms with van der Waals surface area (Å²) < 4.78 is 7.47. The summed E-state index contributed by atoms with van der Waals surface area (Å²) in [7, 11) is 3.53. The van der Waals surface area contributed by atoms with E-state index in [2.05, 4.69) is 88.3 Å². The number of methoxy groups -OCH3 is 1. The normalized spacial score (nSPS) is 12.5. The van der Waals surface area contributed by atoms with Gasteiger partial charge < -0.3 is 19.3 Å². The molecule has 0 saturated carbocycles. The van der Waals surface area contributed by atoms with Gasteiger partial charge in [-0.2, -0.15) is 0 Å². The zero-order valence-electron chi connectivity index (χ0n) is 21.1. The Morgan fingerprint density at radius 3 is 2.18 bits per heavy atom. The number of aromatic nitrogens is 1. The van der Waals surface area contributed by atoms with Crippen LogP contribution in [0, 0.1) is 13.8 Å². The minimum atomic E-state index is -0.500. The van der Waals surface area contributed by atoms with Gasteiger partial charge in [-0.15, -0.1) is 0 Å². The van der Waals surface area contributed by atoms with Crippen LogP contribution in [0.1, 0.15) is 44.4 Å². The van der Waals surface area contributed by atoms with E-state index in [1.807, 2.05) is 0 Å². The van der Waals surface area contributed by atoms with Crippen LogP contribution in [-0.2, 0) is 22.5 Å². The molecule has 0 bridgehead atoms. The molecule has 0 amide bonds. The molecule has 180 valence electrons. The maximum absolute atomic E-state index is 8.95. The minimum absolute atomic E-state index is 0.375. The first-order valence-electron chi connectivity index (χ1n) is 11.3. The third kappa shape index (κ3) is 6.39. The molecule has 1 aliphatic rings. The Labute approximate surface area is 206 Å². The summed E-state index contributed by atoms with van der Waals surface area (Å²) in [5.41, 5.74) is 9.21. The van der Waals surface area contributed by atoms with E-state index in [1.54, 1.807) is 20.8 Å². The molecule has 5 nitrogen and oxygen atoms in total. The Kier molecular flexibility index (Phi) is 9.15. The van der Waals surface area contributed by atoms with Crippen molar-refractivity contribution in [1.29, 1.82) is 0 Å². The summed E-state index contributed by atoms with van der Waals surface area (Å²) in [5, 5.41) is 9.89. The molecule has 0 unspecified atom stereocenters. The zero-order valence-corrected chi connectivity index (χ0v) is 22.7. The first-order valence-corrected chi connectivity index (χ1v) is 12.0. The largest absolute Gasteiger partial charge is 0.471 e. The van der Waals surface area contributed by atoms with Gasteiger partial charge in [0.2, 0.25) is 0 Å². The maximum atomic E-state index is 8.95. The Hall–Kier alpha value is -2.31. The van der Waals surface area contributed by atoms with Crippen molar-refractivity contribution in [3.63, 3.8) is 0 Å². The maximum Gasteiger partial charge on any atom is 0.292 e. The van der Waals surface area contributed by atoms with Crippen LogP contribution in [0.15, 0.2) is 34.9 Å². The number of carbonyl (C=O) groups excluding carboxylic acids is 1. The second-order valence-electron chi connectivity index (χ2n) is 9.35. The van der Waals surface area contributed by atoms with Crippen molar-refractivity contribution in [2.75, 3.05) is 25.6 Å². The van der Waals surface area contributed by atoms with Crippen molar-refractivity contribution in [1.82, 2.24) is 4.57 Å². The summed E-state index contributed by atoms with van der Waals surface area (Å²) in [4.78, 5) is 11.4. The summed E-state index contributed by atoms with van der Waals surface area (Å²) in [6, 6.07) is 11.3. The monoisotopic (exact) mass is 516 g/mol. The highest BCUT2D eigenvalue weighted by Gasteiger charge is 2.26. The fraction of sp³-hybridized carbons (Fsp3) is 0.444. The molecule has 6 heteroatoms. The van der Waals surface area contributed by atoms with Crippen molar-refractivity contribution in [2.24, 2.45) is 0 Å². The second-order valence-corrected chi connectivity index (χ2v) is 10.2. The van der Waals surface area contributed by atoms with Gasteiger partial charge in [0.15, 0.2) is 0 Å². The van der Waals surface area contributed by atoms with Gasteiger partial charge in [-0.3, -0.25) is 4.79 Å². The number of hydrogen-bond acceptors (Lipinski definition) is 4. The van der Waals surface area contributed by atoms with E-state index in [4.69, 9.17) is 9.90 Å². The number of nitrogens with zero attached hydrogens (tertiary/aromatic N) is 2. The van der Waals surface area contributed by atoms with Crippen molar-refractivity contribution in [2.45, 2.75) is 60.1 Å². The standard InChI is InChI=1S/C21H23BrN2.C4H10O.C2H4O2/c1-5-16-14(3)20-21-17(12-18(22)24(21)11-10-23(20)4)19(16)15-8-6-13(2)7-9-15;1-4(2,3)5;1-4-2-3/h6-9,12H,5,10-11H2,1-4H3;5H,1-3H3;2H,1H3. The summed E-state index contributed by atoms with van der Waals surface area (Å²) in [6.45, 7) is 14.4. The molecule has 4 rings (SSSR count). The van der Waals surface area contributed by atoms with Crippen LogP contribution in [0.25, 0.3) is 22.0 Å². The molecule has 2 heterocycles. The predicted molar refractivity (Wildman–Crippen MR) is 142 cm³/mol. The average Bonchev–Trinajstić information content (AvgIpc) is 3.07. The third-order valence-corrected chi connectivity index (χ3v) is 6.14. The lowest BCUT2D eigenvalue weighted by Crippen LogP contribution is -2.28. The highest BCUT2D eigenvalue weighted by Crippen LogP contribution is 2.45. The Bertz CT molecular complexity index is 1090. The SMILES string of the molecule is CC(C)(C)O.CCc1c(C)c2c3c(cc(Br)n3CCN2C)c1-c1ccc(C)cc1.COC=O. The third-order valence-electron chi connectivity index (χ3n) is 5.48. The predicted octanol–water partition coefficient (Wildman–Crippen LogP) is 6.27. The quantitative estimate of drug-likeness (QED) is 0.417. The van der Waals surface area contributed by atoms with E-state index < -0.39 is 5.60 Å². The van der Waals surface area contributed by atoms with Crippen LogP contribution in [0.2, 0.25) is 0 Å². The highest BCUT2D eigenvalue weighted by molar-refractivity contribution is 9.10. The topological polar surface area (TPSA) is 54.7 Å². The first-order chi connectivity index (χ1) is 15.4. The van der Waals surface area contributed by atoms with Gasteiger partial charge in [0.1, 0.15) is 0 Å². The molecule has 1 aromatic heterocycles. The van der Waals surface area contributed by atoms with Gasteiger partial charge >= 0.3 is 0 Å². The molecule has 33 heavy (non-hydrogen) atoms. The second kappa shape index (κ2) is 11.2. The lowest BCUT2D eigenvalue weighted by atomic mass is 9.89. The number of ether oxygens (including phenoxy) is 1. The van der Waals surface area contributed by atoms with Crippen LogP contribution in [0.4, 0.5) is 5.69 Å². The number of hydrogen-bond donors (Lipinski definition) is 1. The number of rotatable bonds is 3. The molecule has 3 aromatic rings. The van der Waals surface area contributed by atoms with Crippen molar-refractivity contribution >= 4 is 39.0 Å². The average molecular weight is 518 g/mol. The van der Waals surface area contributed by atoms with Crippen LogP contribution in [0.5, 0.6) is 0 Å². The van der Waals surface area contributed by atoms with Gasteiger partial charge in [-0.1, -0.05) is 36.8 Å². The summed E-state index contributed by atoms with van der Waals surface area (Å²) in [6.07, 6.45) is 1.05. The molecule has 2 aromatic carbocycles. The molecule has 1 N–H and O–H groups in total. The number of aryl methyl sites for hydroxylation is 1. The lowest BCUT2D eigenvalue weighted by Gasteiger charge is -2.31. The Morgan fingerprint density at radius 2 is 1.70 bits per heavy atom. The van der Waals surface area contributed by atoms with Crippen molar-refractivity contribution < 1.29 is 14.6 Å². The summed E-state index contributed by atoms with van der Waals surface area (Å²) >= 11 is 3.79. The Balaban J connectivity index is 0.000000368. The molecule has 0 spiro atoms. The number of likely N-dealkylation sites (N-methyl/N-ethyl adjacent to an activating group) is 1. The van der Waals surface area contributed by atoms with E-state index in [0.717, 1.165) is 19.5 Å². The van der Waals surface area contributed by atoms with Gasteiger partial charge in [0.05, 0.1) is 28.5 Å². The van der Waals surface area contributed by atoms with Gasteiger partial charge in [-0.25, -0.2) is 0 Å². The Morgan fingerprint density at radius 1 is 1.15 bits per heavy atom. The van der Waals surface area contributed by atoms with E-state index >= 15 is 0 Å². The molecule has 0 aliphatic carbocycles. The van der Waals surface area contributed by atoms with Crippen LogP contribution in [-0.4, -0.2) is 42.4 Å². The fourth-order valence-corrected chi connectivity index (χ4v) is 4.76. The molecular weight excluding hydrogens is 480 g/mol. The molecule has 0 saturated heterocycles. The molecule has 0 radical (unpaired) electrons. The molecule has 0 atom stereocenters. The minimum Gasteiger partial charge on any atom is -0.471 e. The number of anilines is 1. The number of aliphatic hydroxyl groups is 1. The molecular formula is C27H37BrN2O3. The van der Waals surface area contributed by atoms with Gasteiger partial charge in [0.25, 0.3) is 6.47 Å². The van der Waals surface area contributed by atoms with Crippen LogP contribution >= 0.6 is 15.9 Å². The van der Waals surface area contributed by atoms with Gasteiger partial charge in [0, 0.05) is 25.5 Å². The van der Waals surface area contributed by atoms with Crippen LogP contribution < -0.4 is 4.90 Å². The van der Waals surface area contributed by atoms with E-state index in [0.29, 0.717) is 6.47 Å². The number of carbonyl (C=O) groups is 1. The van der Waals surface area contributed by atoms with E-state index in [1.165, 1.54) is 56.1 Å². The van der Waals surface area contributed by atoms with E-state index in [9.17, 15) is 0 Å². The van der Waals surface area contributed by atoms with Gasteiger partial charge in [-0.05, 0) is 85.3 Å². The summed E-state index contributed by atoms with van der Waals surface area (Å²) in [5.74, 6) is 0. The lowest BCUT2D eigenvalue weighted by molar-refractivity contribution is -0.126. The van der Waals surface area contributed by atoms with Crippen LogP contribution in [0.3, 0.4) is 0 Å². The smallest absolute Gasteiger partial charge is 0.292 e.